The fourth-order valence-electron chi connectivity index (χ4n) is 2.14. The first kappa shape index (κ1) is 13.7. The second-order valence-electron chi connectivity index (χ2n) is 6.08. The molecule has 0 saturated carbocycles. The minimum atomic E-state index is 0.0531. The van der Waals surface area contributed by atoms with Crippen molar-refractivity contribution in [2.75, 3.05) is 0 Å². The van der Waals surface area contributed by atoms with Crippen molar-refractivity contribution < 1.29 is 0 Å². The number of fused-ring (bicyclic) bond motifs is 1. The third-order valence-electron chi connectivity index (χ3n) is 3.23. The molecule has 3 aromatic rings. The SMILES string of the molecule is CC(C)(C)NCc1cccnc1-n1nnc2ccccc21. The molecule has 21 heavy (non-hydrogen) atoms. The van der Waals surface area contributed by atoms with Crippen LogP contribution in [0.2, 0.25) is 0 Å². The molecule has 0 radical (unpaired) electrons. The first-order valence-corrected chi connectivity index (χ1v) is 7.04. The van der Waals surface area contributed by atoms with E-state index < -0.39 is 0 Å². The third kappa shape index (κ3) is 2.92. The first-order chi connectivity index (χ1) is 10.0. The van der Waals surface area contributed by atoms with Gasteiger partial charge < -0.3 is 5.32 Å². The molecular weight excluding hydrogens is 262 g/mol. The minimum Gasteiger partial charge on any atom is -0.308 e. The van der Waals surface area contributed by atoms with Gasteiger partial charge in [-0.25, -0.2) is 4.98 Å². The molecule has 0 unspecified atom stereocenters. The van der Waals surface area contributed by atoms with Crippen LogP contribution in [0.1, 0.15) is 26.3 Å². The molecular formula is C16H19N5. The Kier molecular flexibility index (Phi) is 3.43. The monoisotopic (exact) mass is 281 g/mol. The Hall–Kier alpha value is -2.27. The van der Waals surface area contributed by atoms with Gasteiger partial charge in [-0.2, -0.15) is 4.68 Å². The summed E-state index contributed by atoms with van der Waals surface area (Å²) < 4.78 is 1.80. The summed E-state index contributed by atoms with van der Waals surface area (Å²) in [6.07, 6.45) is 1.78. The van der Waals surface area contributed by atoms with Gasteiger partial charge >= 0.3 is 0 Å². The molecule has 0 spiro atoms. The standard InChI is InChI=1S/C16H19N5/c1-16(2,3)18-11-12-7-6-10-17-15(12)21-14-9-5-4-8-13(14)19-20-21/h4-10,18H,11H2,1-3H3. The van der Waals surface area contributed by atoms with Crippen molar-refractivity contribution in [1.82, 2.24) is 25.3 Å². The lowest BCUT2D eigenvalue weighted by atomic mass is 10.1. The number of nitrogens with zero attached hydrogens (tertiary/aromatic N) is 4. The lowest BCUT2D eigenvalue weighted by molar-refractivity contribution is 0.423. The highest BCUT2D eigenvalue weighted by Gasteiger charge is 2.14. The van der Waals surface area contributed by atoms with E-state index in [0.717, 1.165) is 29.0 Å². The summed E-state index contributed by atoms with van der Waals surface area (Å²) in [5.74, 6) is 0.822. The van der Waals surface area contributed by atoms with Crippen LogP contribution in [0.15, 0.2) is 42.6 Å². The van der Waals surface area contributed by atoms with Crippen molar-refractivity contribution in [1.29, 1.82) is 0 Å². The number of rotatable bonds is 3. The second-order valence-corrected chi connectivity index (χ2v) is 6.08. The van der Waals surface area contributed by atoms with E-state index in [1.165, 1.54) is 0 Å². The number of pyridine rings is 1. The highest BCUT2D eigenvalue weighted by atomic mass is 15.4. The summed E-state index contributed by atoms with van der Waals surface area (Å²) in [5.41, 5.74) is 2.99. The van der Waals surface area contributed by atoms with E-state index in [4.69, 9.17) is 0 Å². The molecule has 0 amide bonds. The summed E-state index contributed by atoms with van der Waals surface area (Å²) in [4.78, 5) is 4.49. The normalized spacial score (nSPS) is 12.0. The first-order valence-electron chi connectivity index (χ1n) is 7.04. The maximum atomic E-state index is 4.49. The summed E-state index contributed by atoms with van der Waals surface area (Å²) in [6, 6.07) is 11.9. The number of para-hydroxylation sites is 1. The smallest absolute Gasteiger partial charge is 0.160 e. The van der Waals surface area contributed by atoms with Crippen LogP contribution in [0.4, 0.5) is 0 Å². The van der Waals surface area contributed by atoms with Crippen LogP contribution in [0, 0.1) is 0 Å². The van der Waals surface area contributed by atoms with Gasteiger partial charge in [-0.3, -0.25) is 0 Å². The van der Waals surface area contributed by atoms with Gasteiger partial charge in [0.1, 0.15) is 5.52 Å². The fourth-order valence-corrected chi connectivity index (χ4v) is 2.14. The zero-order chi connectivity index (χ0) is 14.9. The maximum absolute atomic E-state index is 4.49. The van der Waals surface area contributed by atoms with Gasteiger partial charge in [0.15, 0.2) is 5.82 Å². The van der Waals surface area contributed by atoms with Gasteiger partial charge in [-0.05, 0) is 39.0 Å². The van der Waals surface area contributed by atoms with Crippen LogP contribution >= 0.6 is 0 Å². The van der Waals surface area contributed by atoms with E-state index in [1.807, 2.05) is 30.3 Å². The predicted octanol–water partition coefficient (Wildman–Crippen LogP) is 2.70. The lowest BCUT2D eigenvalue weighted by Gasteiger charge is -2.21. The summed E-state index contributed by atoms with van der Waals surface area (Å²) in [7, 11) is 0. The van der Waals surface area contributed by atoms with Crippen molar-refractivity contribution in [2.45, 2.75) is 32.9 Å². The second kappa shape index (κ2) is 5.26. The van der Waals surface area contributed by atoms with E-state index in [2.05, 4.69) is 47.5 Å². The molecule has 0 aliphatic carbocycles. The molecule has 0 aliphatic heterocycles. The maximum Gasteiger partial charge on any atom is 0.160 e. The van der Waals surface area contributed by atoms with Crippen molar-refractivity contribution in [3.63, 3.8) is 0 Å². The van der Waals surface area contributed by atoms with Crippen molar-refractivity contribution >= 4 is 11.0 Å². The Morgan fingerprint density at radius 3 is 2.71 bits per heavy atom. The summed E-state index contributed by atoms with van der Waals surface area (Å²) in [5, 5.41) is 11.9. The molecule has 0 saturated heterocycles. The molecule has 0 aliphatic rings. The van der Waals surface area contributed by atoms with Crippen LogP contribution in [0.3, 0.4) is 0 Å². The Balaban J connectivity index is 2.02. The molecule has 5 nitrogen and oxygen atoms in total. The number of hydrogen-bond acceptors (Lipinski definition) is 4. The van der Waals surface area contributed by atoms with E-state index >= 15 is 0 Å². The van der Waals surface area contributed by atoms with Gasteiger partial charge in [-0.1, -0.05) is 23.4 Å². The molecule has 2 aromatic heterocycles. The highest BCUT2D eigenvalue weighted by molar-refractivity contribution is 5.75. The largest absolute Gasteiger partial charge is 0.308 e. The Bertz CT molecular complexity index is 754. The minimum absolute atomic E-state index is 0.0531. The Morgan fingerprint density at radius 2 is 1.90 bits per heavy atom. The van der Waals surface area contributed by atoms with Gasteiger partial charge in [0.25, 0.3) is 0 Å². The molecule has 0 atom stereocenters. The van der Waals surface area contributed by atoms with Crippen molar-refractivity contribution in [3.05, 3.63) is 48.2 Å². The van der Waals surface area contributed by atoms with E-state index in [9.17, 15) is 0 Å². The molecule has 0 bridgehead atoms. The van der Waals surface area contributed by atoms with Gasteiger partial charge in [0, 0.05) is 23.8 Å². The predicted molar refractivity (Wildman–Crippen MR) is 83.3 cm³/mol. The molecule has 108 valence electrons. The third-order valence-corrected chi connectivity index (χ3v) is 3.23. The Labute approximate surface area is 124 Å². The quantitative estimate of drug-likeness (QED) is 0.802. The zero-order valence-electron chi connectivity index (χ0n) is 12.5. The number of hydrogen-bond donors (Lipinski definition) is 1. The summed E-state index contributed by atoms with van der Waals surface area (Å²) >= 11 is 0. The number of nitrogens with one attached hydrogen (secondary N) is 1. The molecule has 1 N–H and O–H groups in total. The summed E-state index contributed by atoms with van der Waals surface area (Å²) in [6.45, 7) is 7.18. The molecule has 1 aromatic carbocycles. The molecule has 2 heterocycles. The van der Waals surface area contributed by atoms with Crippen LogP contribution in [0.25, 0.3) is 16.9 Å². The van der Waals surface area contributed by atoms with E-state index in [1.54, 1.807) is 10.9 Å². The zero-order valence-corrected chi connectivity index (χ0v) is 12.5. The van der Waals surface area contributed by atoms with Crippen molar-refractivity contribution in [3.8, 4) is 5.82 Å². The van der Waals surface area contributed by atoms with Crippen LogP contribution in [-0.4, -0.2) is 25.5 Å². The average Bonchev–Trinajstić information content (AvgIpc) is 2.88. The fraction of sp³-hybridized carbons (Fsp3) is 0.312. The van der Waals surface area contributed by atoms with Gasteiger partial charge in [0.2, 0.25) is 0 Å². The average molecular weight is 281 g/mol. The van der Waals surface area contributed by atoms with Crippen molar-refractivity contribution in [2.24, 2.45) is 0 Å². The molecule has 5 heteroatoms. The highest BCUT2D eigenvalue weighted by Crippen LogP contribution is 2.17. The van der Waals surface area contributed by atoms with E-state index in [-0.39, 0.29) is 5.54 Å². The number of aromatic nitrogens is 4. The van der Waals surface area contributed by atoms with Gasteiger partial charge in [-0.15, -0.1) is 5.10 Å². The number of benzene rings is 1. The topological polar surface area (TPSA) is 55.6 Å². The van der Waals surface area contributed by atoms with Crippen LogP contribution in [0.5, 0.6) is 0 Å². The molecule has 0 fully saturated rings. The van der Waals surface area contributed by atoms with Gasteiger partial charge in [0.05, 0.1) is 5.52 Å². The Morgan fingerprint density at radius 1 is 1.10 bits per heavy atom. The van der Waals surface area contributed by atoms with Crippen LogP contribution in [-0.2, 0) is 6.54 Å². The van der Waals surface area contributed by atoms with E-state index in [0.29, 0.717) is 0 Å². The molecule has 3 rings (SSSR count). The lowest BCUT2D eigenvalue weighted by Crippen LogP contribution is -2.35. The van der Waals surface area contributed by atoms with Crippen LogP contribution < -0.4 is 5.32 Å².